The summed E-state index contributed by atoms with van der Waals surface area (Å²) < 4.78 is 23.3. The first-order valence-electron chi connectivity index (χ1n) is 5.30. The van der Waals surface area contributed by atoms with Gasteiger partial charge in [-0.3, -0.25) is 0 Å². The minimum absolute atomic E-state index is 0.153. The summed E-state index contributed by atoms with van der Waals surface area (Å²) >= 11 is 0. The molecule has 1 rings (SSSR count). The number of halogens is 1. The normalized spacial score (nSPS) is 12.2. The largest absolute Gasteiger partial charge is 0.495 e. The number of nitrogens with one attached hydrogen (secondary N) is 1. The molecule has 3 nitrogen and oxygen atoms in total. The van der Waals surface area contributed by atoms with Gasteiger partial charge in [0.05, 0.1) is 19.4 Å². The average Bonchev–Trinajstić information content (AvgIpc) is 2.29. The third kappa shape index (κ3) is 3.38. The molecule has 0 radical (unpaired) electrons. The molecule has 0 aliphatic carbocycles. The van der Waals surface area contributed by atoms with Gasteiger partial charge in [-0.15, -0.1) is 0 Å². The monoisotopic (exact) mass is 227 g/mol. The number of rotatable bonds is 6. The van der Waals surface area contributed by atoms with Gasteiger partial charge < -0.3 is 14.8 Å². The van der Waals surface area contributed by atoms with Crippen LogP contribution in [0.15, 0.2) is 18.2 Å². The van der Waals surface area contributed by atoms with Gasteiger partial charge in [0.2, 0.25) is 0 Å². The first-order chi connectivity index (χ1) is 7.71. The number of hydrogen-bond acceptors (Lipinski definition) is 3. The van der Waals surface area contributed by atoms with Crippen LogP contribution < -0.4 is 10.1 Å². The van der Waals surface area contributed by atoms with E-state index in [9.17, 15) is 4.39 Å². The number of methoxy groups -OCH3 is 2. The smallest absolute Gasteiger partial charge is 0.142 e. The van der Waals surface area contributed by atoms with Crippen LogP contribution >= 0.6 is 0 Å². The van der Waals surface area contributed by atoms with Gasteiger partial charge in [-0.05, 0) is 18.6 Å². The zero-order chi connectivity index (χ0) is 12.0. The Kier molecular flexibility index (Phi) is 5.05. The van der Waals surface area contributed by atoms with Gasteiger partial charge in [-0.2, -0.15) is 0 Å². The van der Waals surface area contributed by atoms with Crippen LogP contribution in [0.4, 0.5) is 10.1 Å². The van der Waals surface area contributed by atoms with Crippen LogP contribution in [0.25, 0.3) is 0 Å². The molecule has 0 saturated heterocycles. The summed E-state index contributed by atoms with van der Waals surface area (Å²) in [7, 11) is 3.21. The van der Waals surface area contributed by atoms with Crippen LogP contribution in [-0.4, -0.2) is 26.9 Å². The van der Waals surface area contributed by atoms with E-state index in [0.717, 1.165) is 6.42 Å². The summed E-state index contributed by atoms with van der Waals surface area (Å²) in [5.41, 5.74) is 0.659. The van der Waals surface area contributed by atoms with E-state index in [1.807, 2.05) is 6.92 Å². The molecule has 16 heavy (non-hydrogen) atoms. The molecule has 1 atom stereocenters. The fourth-order valence-electron chi connectivity index (χ4n) is 1.48. The minimum atomic E-state index is -0.282. The van der Waals surface area contributed by atoms with Crippen LogP contribution in [0.2, 0.25) is 0 Å². The van der Waals surface area contributed by atoms with E-state index in [-0.39, 0.29) is 11.9 Å². The Morgan fingerprint density at radius 3 is 2.69 bits per heavy atom. The highest BCUT2D eigenvalue weighted by atomic mass is 19.1. The van der Waals surface area contributed by atoms with E-state index in [2.05, 4.69) is 5.32 Å². The molecular weight excluding hydrogens is 209 g/mol. The van der Waals surface area contributed by atoms with Crippen LogP contribution in [-0.2, 0) is 4.74 Å². The lowest BCUT2D eigenvalue weighted by molar-refractivity contribution is 0.184. The van der Waals surface area contributed by atoms with Crippen molar-refractivity contribution in [2.75, 3.05) is 26.1 Å². The summed E-state index contributed by atoms with van der Waals surface area (Å²) in [6.07, 6.45) is 0.896. The van der Waals surface area contributed by atoms with E-state index < -0.39 is 0 Å². The van der Waals surface area contributed by atoms with Gasteiger partial charge >= 0.3 is 0 Å². The molecule has 0 saturated carbocycles. The quantitative estimate of drug-likeness (QED) is 0.810. The molecule has 1 unspecified atom stereocenters. The van der Waals surface area contributed by atoms with Crippen molar-refractivity contribution in [1.82, 2.24) is 0 Å². The highest BCUT2D eigenvalue weighted by Crippen LogP contribution is 2.25. The van der Waals surface area contributed by atoms with Crippen molar-refractivity contribution in [2.45, 2.75) is 19.4 Å². The molecule has 0 fully saturated rings. The summed E-state index contributed by atoms with van der Waals surface area (Å²) in [6, 6.07) is 4.57. The Balaban J connectivity index is 2.80. The molecule has 1 aromatic rings. The molecule has 0 amide bonds. The Morgan fingerprint density at radius 2 is 2.12 bits per heavy atom. The number of anilines is 1. The molecule has 90 valence electrons. The molecule has 0 aliphatic heterocycles. The SMILES string of the molecule is CCC(COC)Nc1cc(F)ccc1OC. The second kappa shape index (κ2) is 6.33. The molecule has 4 heteroatoms. The Labute approximate surface area is 95.6 Å². The number of hydrogen-bond donors (Lipinski definition) is 1. The van der Waals surface area contributed by atoms with Crippen molar-refractivity contribution in [3.05, 3.63) is 24.0 Å². The van der Waals surface area contributed by atoms with Gasteiger partial charge in [0.25, 0.3) is 0 Å². The molecule has 0 heterocycles. The van der Waals surface area contributed by atoms with Gasteiger partial charge in [0, 0.05) is 19.2 Å². The predicted octanol–water partition coefficient (Wildman–Crippen LogP) is 2.67. The first-order valence-corrected chi connectivity index (χ1v) is 5.30. The molecule has 1 N–H and O–H groups in total. The number of benzene rings is 1. The lowest BCUT2D eigenvalue weighted by Gasteiger charge is -2.19. The van der Waals surface area contributed by atoms with E-state index in [1.165, 1.54) is 12.1 Å². The van der Waals surface area contributed by atoms with E-state index >= 15 is 0 Å². The Bertz CT molecular complexity index is 331. The highest BCUT2D eigenvalue weighted by Gasteiger charge is 2.10. The predicted molar refractivity (Wildman–Crippen MR) is 62.5 cm³/mol. The first kappa shape index (κ1) is 12.8. The van der Waals surface area contributed by atoms with Crippen molar-refractivity contribution in [3.8, 4) is 5.75 Å². The maximum atomic E-state index is 13.1. The standard InChI is InChI=1S/C12H18FNO2/c1-4-10(8-15-2)14-11-7-9(13)5-6-12(11)16-3/h5-7,10,14H,4,8H2,1-3H3. The van der Waals surface area contributed by atoms with Gasteiger partial charge in [-0.1, -0.05) is 6.92 Å². The number of ether oxygens (including phenoxy) is 2. The second-order valence-corrected chi connectivity index (χ2v) is 3.55. The lowest BCUT2D eigenvalue weighted by atomic mass is 10.2. The molecule has 0 bridgehead atoms. The molecule has 0 aromatic heterocycles. The van der Waals surface area contributed by atoms with Crippen molar-refractivity contribution in [1.29, 1.82) is 0 Å². The van der Waals surface area contributed by atoms with Crippen molar-refractivity contribution < 1.29 is 13.9 Å². The second-order valence-electron chi connectivity index (χ2n) is 3.55. The average molecular weight is 227 g/mol. The van der Waals surface area contributed by atoms with Crippen molar-refractivity contribution in [3.63, 3.8) is 0 Å². The molecule has 0 aliphatic rings. The lowest BCUT2D eigenvalue weighted by Crippen LogP contribution is -2.24. The van der Waals surface area contributed by atoms with Crippen LogP contribution in [0.3, 0.4) is 0 Å². The van der Waals surface area contributed by atoms with E-state index in [0.29, 0.717) is 18.0 Å². The maximum absolute atomic E-state index is 13.1. The van der Waals surface area contributed by atoms with Crippen LogP contribution in [0.1, 0.15) is 13.3 Å². The van der Waals surface area contributed by atoms with E-state index in [1.54, 1.807) is 20.3 Å². The topological polar surface area (TPSA) is 30.5 Å². The molecule has 1 aromatic carbocycles. The van der Waals surface area contributed by atoms with Crippen molar-refractivity contribution in [2.24, 2.45) is 0 Å². The Morgan fingerprint density at radius 1 is 1.38 bits per heavy atom. The third-order valence-electron chi connectivity index (χ3n) is 2.38. The fourth-order valence-corrected chi connectivity index (χ4v) is 1.48. The zero-order valence-electron chi connectivity index (χ0n) is 9.92. The minimum Gasteiger partial charge on any atom is -0.495 e. The van der Waals surface area contributed by atoms with Gasteiger partial charge in [0.15, 0.2) is 0 Å². The van der Waals surface area contributed by atoms with E-state index in [4.69, 9.17) is 9.47 Å². The maximum Gasteiger partial charge on any atom is 0.142 e. The Hall–Kier alpha value is -1.29. The zero-order valence-corrected chi connectivity index (χ0v) is 9.92. The highest BCUT2D eigenvalue weighted by molar-refractivity contribution is 5.57. The fraction of sp³-hybridized carbons (Fsp3) is 0.500. The molecule has 0 spiro atoms. The van der Waals surface area contributed by atoms with Gasteiger partial charge in [-0.25, -0.2) is 4.39 Å². The summed E-state index contributed by atoms with van der Waals surface area (Å²) in [6.45, 7) is 2.62. The molecular formula is C12H18FNO2. The van der Waals surface area contributed by atoms with Crippen LogP contribution in [0, 0.1) is 5.82 Å². The summed E-state index contributed by atoms with van der Waals surface area (Å²) in [5.74, 6) is 0.353. The summed E-state index contributed by atoms with van der Waals surface area (Å²) in [5, 5.41) is 3.20. The van der Waals surface area contributed by atoms with Gasteiger partial charge in [0.1, 0.15) is 11.6 Å². The summed E-state index contributed by atoms with van der Waals surface area (Å²) in [4.78, 5) is 0. The van der Waals surface area contributed by atoms with Crippen molar-refractivity contribution >= 4 is 5.69 Å². The van der Waals surface area contributed by atoms with Crippen LogP contribution in [0.5, 0.6) is 5.75 Å². The third-order valence-corrected chi connectivity index (χ3v) is 2.38.